The quantitative estimate of drug-likeness (QED) is 0.658. The van der Waals surface area contributed by atoms with Gasteiger partial charge in [0.2, 0.25) is 0 Å². The average molecular weight is 178 g/mol. The lowest BCUT2D eigenvalue weighted by Gasteiger charge is -2.30. The third-order valence-electron chi connectivity index (χ3n) is 3.46. The number of hydrogen-bond donors (Lipinski definition) is 0. The van der Waals surface area contributed by atoms with Gasteiger partial charge in [0, 0.05) is 13.1 Å². The molecule has 0 N–H and O–H groups in total. The molecule has 0 aromatic heterocycles. The van der Waals surface area contributed by atoms with Gasteiger partial charge in [0.05, 0.1) is 11.5 Å². The summed E-state index contributed by atoms with van der Waals surface area (Å²) in [6.45, 7) is 2.21. The first-order valence-electron chi connectivity index (χ1n) is 5.34. The number of nitrogens with zero attached hydrogens (tertiary/aromatic N) is 2. The largest absolute Gasteiger partial charge is 0.305 e. The standard InChI is InChI=1S/C11H18N2/c1-13(7-10-3-2-4-10)9-11(8-12)5-6-11/h10H,2-7,9H2,1H3. The van der Waals surface area contributed by atoms with Gasteiger partial charge in [-0.05, 0) is 38.6 Å². The van der Waals surface area contributed by atoms with Gasteiger partial charge < -0.3 is 4.90 Å². The summed E-state index contributed by atoms with van der Waals surface area (Å²) in [5.74, 6) is 0.930. The SMILES string of the molecule is CN(CC1CCC1)CC1(C#N)CC1. The Labute approximate surface area is 80.5 Å². The number of rotatable bonds is 4. The molecule has 72 valence electrons. The number of nitriles is 1. The predicted molar refractivity (Wildman–Crippen MR) is 52.1 cm³/mol. The monoisotopic (exact) mass is 178 g/mol. The molecule has 2 aliphatic rings. The second-order valence-electron chi connectivity index (χ2n) is 4.89. The Kier molecular flexibility index (Phi) is 2.29. The second-order valence-corrected chi connectivity index (χ2v) is 4.89. The first-order valence-corrected chi connectivity index (χ1v) is 5.34. The highest BCUT2D eigenvalue weighted by Crippen LogP contribution is 2.45. The molecule has 0 spiro atoms. The van der Waals surface area contributed by atoms with Crippen molar-refractivity contribution in [2.45, 2.75) is 32.1 Å². The summed E-state index contributed by atoms with van der Waals surface area (Å²) in [5, 5.41) is 8.93. The van der Waals surface area contributed by atoms with Gasteiger partial charge >= 0.3 is 0 Å². The van der Waals surface area contributed by atoms with Crippen molar-refractivity contribution >= 4 is 0 Å². The highest BCUT2D eigenvalue weighted by atomic mass is 15.1. The van der Waals surface area contributed by atoms with Gasteiger partial charge in [-0.3, -0.25) is 0 Å². The minimum Gasteiger partial charge on any atom is -0.305 e. The molecule has 0 aromatic rings. The van der Waals surface area contributed by atoms with Crippen LogP contribution in [0.3, 0.4) is 0 Å². The van der Waals surface area contributed by atoms with E-state index in [0.717, 1.165) is 25.3 Å². The zero-order valence-electron chi connectivity index (χ0n) is 8.42. The highest BCUT2D eigenvalue weighted by molar-refractivity contribution is 5.11. The molecule has 2 rings (SSSR count). The van der Waals surface area contributed by atoms with Crippen molar-refractivity contribution in [3.8, 4) is 6.07 Å². The third-order valence-corrected chi connectivity index (χ3v) is 3.46. The molecule has 0 atom stereocenters. The molecule has 0 aliphatic heterocycles. The lowest BCUT2D eigenvalue weighted by Crippen LogP contribution is -2.33. The molecule has 2 saturated carbocycles. The van der Waals surface area contributed by atoms with E-state index in [2.05, 4.69) is 18.0 Å². The van der Waals surface area contributed by atoms with E-state index in [0.29, 0.717) is 0 Å². The van der Waals surface area contributed by atoms with Crippen LogP contribution in [-0.2, 0) is 0 Å². The van der Waals surface area contributed by atoms with Gasteiger partial charge in [-0.2, -0.15) is 5.26 Å². The first kappa shape index (κ1) is 9.02. The molecule has 0 saturated heterocycles. The lowest BCUT2D eigenvalue weighted by atomic mass is 9.85. The number of hydrogen-bond acceptors (Lipinski definition) is 2. The lowest BCUT2D eigenvalue weighted by molar-refractivity contribution is 0.191. The van der Waals surface area contributed by atoms with Crippen LogP contribution in [0.5, 0.6) is 0 Å². The predicted octanol–water partition coefficient (Wildman–Crippen LogP) is 2.02. The Balaban J connectivity index is 1.72. The fourth-order valence-electron chi connectivity index (χ4n) is 2.15. The van der Waals surface area contributed by atoms with Crippen LogP contribution >= 0.6 is 0 Å². The van der Waals surface area contributed by atoms with E-state index < -0.39 is 0 Å². The van der Waals surface area contributed by atoms with Gasteiger partial charge in [-0.1, -0.05) is 6.42 Å². The van der Waals surface area contributed by atoms with Crippen LogP contribution in [0.25, 0.3) is 0 Å². The van der Waals surface area contributed by atoms with Crippen LogP contribution in [0.15, 0.2) is 0 Å². The summed E-state index contributed by atoms with van der Waals surface area (Å²) in [5.41, 5.74) is 0.0541. The van der Waals surface area contributed by atoms with Crippen LogP contribution in [0, 0.1) is 22.7 Å². The van der Waals surface area contributed by atoms with E-state index in [1.54, 1.807) is 0 Å². The summed E-state index contributed by atoms with van der Waals surface area (Å²) in [7, 11) is 2.16. The molecular formula is C11H18N2. The Hall–Kier alpha value is -0.550. The second kappa shape index (κ2) is 3.31. The van der Waals surface area contributed by atoms with Gasteiger partial charge in [0.15, 0.2) is 0 Å². The van der Waals surface area contributed by atoms with E-state index in [1.165, 1.54) is 25.8 Å². The molecule has 0 bridgehead atoms. The van der Waals surface area contributed by atoms with Gasteiger partial charge in [-0.15, -0.1) is 0 Å². The maximum atomic E-state index is 8.93. The highest BCUT2D eigenvalue weighted by Gasteiger charge is 2.44. The fraction of sp³-hybridized carbons (Fsp3) is 0.909. The average Bonchev–Trinajstić information content (AvgIpc) is 2.78. The van der Waals surface area contributed by atoms with Crippen molar-refractivity contribution in [2.75, 3.05) is 20.1 Å². The third kappa shape index (κ3) is 2.03. The minimum atomic E-state index is 0.0541. The molecule has 0 aromatic carbocycles. The summed E-state index contributed by atoms with van der Waals surface area (Å²) in [4.78, 5) is 2.36. The molecule has 13 heavy (non-hydrogen) atoms. The molecule has 2 nitrogen and oxygen atoms in total. The summed E-state index contributed by atoms with van der Waals surface area (Å²) < 4.78 is 0. The van der Waals surface area contributed by atoms with Gasteiger partial charge in [0.25, 0.3) is 0 Å². The summed E-state index contributed by atoms with van der Waals surface area (Å²) in [6, 6.07) is 2.45. The van der Waals surface area contributed by atoms with Crippen molar-refractivity contribution in [2.24, 2.45) is 11.3 Å². The molecule has 0 radical (unpaired) electrons. The maximum Gasteiger partial charge on any atom is 0.0703 e. The molecule has 2 heteroatoms. The van der Waals surface area contributed by atoms with Crippen LogP contribution in [0.2, 0.25) is 0 Å². The van der Waals surface area contributed by atoms with Crippen molar-refractivity contribution < 1.29 is 0 Å². The zero-order chi connectivity index (χ0) is 9.31. The molecular weight excluding hydrogens is 160 g/mol. The molecule has 0 amide bonds. The summed E-state index contributed by atoms with van der Waals surface area (Å²) >= 11 is 0. The van der Waals surface area contributed by atoms with E-state index in [1.807, 2.05) is 0 Å². The molecule has 0 unspecified atom stereocenters. The molecule has 2 aliphatic carbocycles. The normalized spacial score (nSPS) is 25.3. The van der Waals surface area contributed by atoms with Crippen molar-refractivity contribution in [1.29, 1.82) is 5.26 Å². The smallest absolute Gasteiger partial charge is 0.0703 e. The van der Waals surface area contributed by atoms with E-state index in [-0.39, 0.29) is 5.41 Å². The van der Waals surface area contributed by atoms with E-state index in [9.17, 15) is 0 Å². The summed E-state index contributed by atoms with van der Waals surface area (Å²) in [6.07, 6.45) is 6.48. The zero-order valence-corrected chi connectivity index (χ0v) is 8.42. The van der Waals surface area contributed by atoms with Crippen LogP contribution in [0.4, 0.5) is 0 Å². The Morgan fingerprint density at radius 3 is 2.54 bits per heavy atom. The van der Waals surface area contributed by atoms with Crippen LogP contribution in [-0.4, -0.2) is 25.0 Å². The minimum absolute atomic E-state index is 0.0541. The Morgan fingerprint density at radius 1 is 1.46 bits per heavy atom. The maximum absolute atomic E-state index is 8.93. The van der Waals surface area contributed by atoms with Gasteiger partial charge in [0.1, 0.15) is 0 Å². The van der Waals surface area contributed by atoms with Crippen molar-refractivity contribution in [1.82, 2.24) is 4.90 Å². The molecule has 0 heterocycles. The van der Waals surface area contributed by atoms with Crippen LogP contribution in [0.1, 0.15) is 32.1 Å². The topological polar surface area (TPSA) is 27.0 Å². The van der Waals surface area contributed by atoms with E-state index in [4.69, 9.17) is 5.26 Å². The van der Waals surface area contributed by atoms with Gasteiger partial charge in [-0.25, -0.2) is 0 Å². The van der Waals surface area contributed by atoms with Crippen molar-refractivity contribution in [3.63, 3.8) is 0 Å². The first-order chi connectivity index (χ1) is 6.24. The fourth-order valence-corrected chi connectivity index (χ4v) is 2.15. The molecule has 2 fully saturated rings. The Bertz CT molecular complexity index is 221. The van der Waals surface area contributed by atoms with Crippen molar-refractivity contribution in [3.05, 3.63) is 0 Å². The van der Waals surface area contributed by atoms with E-state index >= 15 is 0 Å². The Morgan fingerprint density at radius 2 is 2.15 bits per heavy atom. The van der Waals surface area contributed by atoms with Crippen LogP contribution < -0.4 is 0 Å².